The van der Waals surface area contributed by atoms with Gasteiger partial charge in [-0.1, -0.05) is 0 Å². The SMILES string of the molecule is NC(=O)CC(NC(=O)C(CS)NC(=O)C(N)Cc1cnc[nH]1)C(=O)NC(CS)C(=O)O. The summed E-state index contributed by atoms with van der Waals surface area (Å²) >= 11 is 7.84. The Labute approximate surface area is 188 Å². The lowest BCUT2D eigenvalue weighted by Gasteiger charge is -2.23. The molecule has 1 aromatic heterocycles. The van der Waals surface area contributed by atoms with Gasteiger partial charge in [0.15, 0.2) is 0 Å². The first-order chi connectivity index (χ1) is 14.6. The Balaban J connectivity index is 2.79. The average Bonchev–Trinajstić information content (AvgIpc) is 3.21. The van der Waals surface area contributed by atoms with Gasteiger partial charge in [-0.15, -0.1) is 0 Å². The Bertz CT molecular complexity index is 791. The molecule has 0 saturated carbocycles. The summed E-state index contributed by atoms with van der Waals surface area (Å²) in [4.78, 5) is 66.1. The third-order valence-corrected chi connectivity index (χ3v) is 4.71. The maximum Gasteiger partial charge on any atom is 0.327 e. The fourth-order valence-electron chi connectivity index (χ4n) is 2.34. The number of aromatic nitrogens is 2. The summed E-state index contributed by atoms with van der Waals surface area (Å²) in [6.07, 6.45) is 2.47. The number of hydrogen-bond donors (Lipinski definition) is 9. The molecule has 13 nitrogen and oxygen atoms in total. The molecule has 0 bridgehead atoms. The van der Waals surface area contributed by atoms with Crippen LogP contribution in [-0.4, -0.2) is 80.3 Å². The number of carbonyl (C=O) groups excluding carboxylic acids is 4. The van der Waals surface area contributed by atoms with Crippen LogP contribution in [-0.2, 0) is 30.4 Å². The second kappa shape index (κ2) is 12.8. The highest BCUT2D eigenvalue weighted by Crippen LogP contribution is 2.01. The topological polar surface area (TPSA) is 222 Å². The minimum atomic E-state index is -1.47. The first-order valence-electron chi connectivity index (χ1n) is 8.95. The molecule has 0 spiro atoms. The summed E-state index contributed by atoms with van der Waals surface area (Å²) in [5, 5.41) is 15.8. The Morgan fingerprint density at radius 2 is 1.55 bits per heavy atom. The van der Waals surface area contributed by atoms with Crippen LogP contribution in [0.1, 0.15) is 12.1 Å². The van der Waals surface area contributed by atoms with E-state index < -0.39 is 60.2 Å². The van der Waals surface area contributed by atoms with E-state index in [0.29, 0.717) is 5.69 Å². The van der Waals surface area contributed by atoms with Gasteiger partial charge in [0.2, 0.25) is 23.6 Å². The molecule has 1 aromatic rings. The fraction of sp³-hybridized carbons (Fsp3) is 0.500. The smallest absolute Gasteiger partial charge is 0.327 e. The molecule has 0 aromatic carbocycles. The van der Waals surface area contributed by atoms with Gasteiger partial charge in [0.25, 0.3) is 0 Å². The van der Waals surface area contributed by atoms with Crippen molar-refractivity contribution in [2.45, 2.75) is 37.0 Å². The number of primary amides is 1. The molecular weight excluding hydrogens is 450 g/mol. The fourth-order valence-corrected chi connectivity index (χ4v) is 2.84. The van der Waals surface area contributed by atoms with Crippen molar-refractivity contribution in [1.82, 2.24) is 25.9 Å². The molecular formula is C16H25N7O6S2. The van der Waals surface area contributed by atoms with E-state index in [4.69, 9.17) is 16.6 Å². The zero-order valence-electron chi connectivity index (χ0n) is 16.3. The highest BCUT2D eigenvalue weighted by atomic mass is 32.1. The van der Waals surface area contributed by atoms with E-state index in [-0.39, 0.29) is 17.9 Å². The van der Waals surface area contributed by atoms with Crippen LogP contribution >= 0.6 is 25.3 Å². The summed E-state index contributed by atoms with van der Waals surface area (Å²) in [5.74, 6) is -5.06. The van der Waals surface area contributed by atoms with E-state index in [9.17, 15) is 24.0 Å². The van der Waals surface area contributed by atoms with Crippen molar-refractivity contribution >= 4 is 54.9 Å². The van der Waals surface area contributed by atoms with Crippen LogP contribution in [0.2, 0.25) is 0 Å². The molecule has 1 rings (SSSR count). The van der Waals surface area contributed by atoms with E-state index >= 15 is 0 Å². The molecule has 0 radical (unpaired) electrons. The van der Waals surface area contributed by atoms with Crippen molar-refractivity contribution in [2.75, 3.05) is 11.5 Å². The van der Waals surface area contributed by atoms with Gasteiger partial charge in [0.05, 0.1) is 18.8 Å². The predicted octanol–water partition coefficient (Wildman–Crippen LogP) is -3.45. The molecule has 4 unspecified atom stereocenters. The number of aliphatic carboxylic acids is 1. The first kappa shape index (κ1) is 26.3. The lowest BCUT2D eigenvalue weighted by Crippen LogP contribution is -2.58. The van der Waals surface area contributed by atoms with Crippen molar-refractivity contribution in [3.05, 3.63) is 18.2 Å². The van der Waals surface area contributed by atoms with Gasteiger partial charge in [-0.2, -0.15) is 25.3 Å². The third-order valence-electron chi connectivity index (χ3n) is 3.98. The molecule has 4 atom stereocenters. The Morgan fingerprint density at radius 3 is 2.03 bits per heavy atom. The largest absolute Gasteiger partial charge is 0.480 e. The van der Waals surface area contributed by atoms with Gasteiger partial charge in [-0.3, -0.25) is 19.2 Å². The van der Waals surface area contributed by atoms with Gasteiger partial charge < -0.3 is 37.5 Å². The van der Waals surface area contributed by atoms with E-state index in [2.05, 4.69) is 51.2 Å². The number of aromatic amines is 1. The summed E-state index contributed by atoms with van der Waals surface area (Å²) in [5.41, 5.74) is 11.5. The lowest BCUT2D eigenvalue weighted by atomic mass is 10.1. The first-order valence-corrected chi connectivity index (χ1v) is 10.2. The maximum absolute atomic E-state index is 12.5. The highest BCUT2D eigenvalue weighted by molar-refractivity contribution is 7.80. The number of nitrogens with one attached hydrogen (secondary N) is 4. The summed E-state index contributed by atoms with van der Waals surface area (Å²) in [6, 6.07) is -4.99. The summed E-state index contributed by atoms with van der Waals surface area (Å²) in [6.45, 7) is 0. The Kier molecular flexibility index (Phi) is 10.8. The number of carboxylic acids is 1. The van der Waals surface area contributed by atoms with Gasteiger partial charge in [-0.25, -0.2) is 9.78 Å². The van der Waals surface area contributed by atoms with Crippen molar-refractivity contribution in [3.8, 4) is 0 Å². The maximum atomic E-state index is 12.5. The van der Waals surface area contributed by atoms with Crippen molar-refractivity contribution in [3.63, 3.8) is 0 Å². The quantitative estimate of drug-likeness (QED) is 0.130. The molecule has 0 aliphatic rings. The van der Waals surface area contributed by atoms with E-state index in [1.165, 1.54) is 12.5 Å². The van der Waals surface area contributed by atoms with Crippen LogP contribution in [0.15, 0.2) is 12.5 Å². The second-order valence-corrected chi connectivity index (χ2v) is 7.18. The van der Waals surface area contributed by atoms with E-state index in [1.54, 1.807) is 0 Å². The second-order valence-electron chi connectivity index (χ2n) is 6.44. The monoisotopic (exact) mass is 475 g/mol. The van der Waals surface area contributed by atoms with Crippen LogP contribution in [0.5, 0.6) is 0 Å². The van der Waals surface area contributed by atoms with Crippen LogP contribution in [0, 0.1) is 0 Å². The molecule has 9 N–H and O–H groups in total. The molecule has 15 heteroatoms. The predicted molar refractivity (Wildman–Crippen MR) is 115 cm³/mol. The Morgan fingerprint density at radius 1 is 1.00 bits per heavy atom. The molecule has 0 fully saturated rings. The van der Waals surface area contributed by atoms with Crippen LogP contribution in [0.4, 0.5) is 0 Å². The molecule has 0 saturated heterocycles. The number of carbonyl (C=O) groups is 5. The van der Waals surface area contributed by atoms with E-state index in [1.807, 2.05) is 0 Å². The third kappa shape index (κ3) is 8.85. The number of H-pyrrole nitrogens is 1. The number of hydrogen-bond acceptors (Lipinski definition) is 9. The van der Waals surface area contributed by atoms with Crippen molar-refractivity contribution in [1.29, 1.82) is 0 Å². The lowest BCUT2D eigenvalue weighted by molar-refractivity contribution is -0.141. The highest BCUT2D eigenvalue weighted by Gasteiger charge is 2.30. The van der Waals surface area contributed by atoms with Gasteiger partial charge in [0.1, 0.15) is 18.1 Å². The number of imidazole rings is 1. The van der Waals surface area contributed by atoms with Gasteiger partial charge in [-0.05, 0) is 0 Å². The number of thiol groups is 2. The zero-order valence-corrected chi connectivity index (χ0v) is 18.1. The number of carboxylic acid groups (broad SMARTS) is 1. The van der Waals surface area contributed by atoms with Gasteiger partial charge >= 0.3 is 5.97 Å². The van der Waals surface area contributed by atoms with E-state index in [0.717, 1.165) is 0 Å². The molecule has 31 heavy (non-hydrogen) atoms. The van der Waals surface area contributed by atoms with Crippen molar-refractivity contribution in [2.24, 2.45) is 11.5 Å². The molecule has 0 aliphatic carbocycles. The van der Waals surface area contributed by atoms with Crippen molar-refractivity contribution < 1.29 is 29.1 Å². The molecule has 1 heterocycles. The summed E-state index contributed by atoms with van der Waals surface area (Å²) < 4.78 is 0. The standard InChI is InChI=1S/C16H25N7O6S2/c17-8(1-7-3-19-6-20-7)13(25)22-10(4-30)15(27)21-9(2-12(18)24)14(26)23-11(5-31)16(28)29/h3,6,8-11,30-31H,1-2,4-5,17H2,(H2,18,24)(H,19,20)(H,21,27)(H,22,25)(H,23,26)(H,28,29). The number of nitrogens with two attached hydrogens (primary N) is 2. The minimum Gasteiger partial charge on any atom is -0.480 e. The normalized spacial score (nSPS) is 14.5. The molecule has 0 aliphatic heterocycles. The van der Waals surface area contributed by atoms with Gasteiger partial charge in [0, 0.05) is 29.8 Å². The minimum absolute atomic E-state index is 0.139. The zero-order chi connectivity index (χ0) is 23.6. The average molecular weight is 476 g/mol. The van der Waals surface area contributed by atoms with Crippen LogP contribution in [0.3, 0.4) is 0 Å². The van der Waals surface area contributed by atoms with Crippen LogP contribution in [0.25, 0.3) is 0 Å². The van der Waals surface area contributed by atoms with Crippen LogP contribution < -0.4 is 27.4 Å². The number of nitrogens with zero attached hydrogens (tertiary/aromatic N) is 1. The molecule has 4 amide bonds. The molecule has 172 valence electrons. The Hall–Kier alpha value is -2.78. The number of rotatable bonds is 13. The summed E-state index contributed by atoms with van der Waals surface area (Å²) in [7, 11) is 0. The number of amides is 4.